The number of methoxy groups -OCH3 is 3. The van der Waals surface area contributed by atoms with Crippen LogP contribution in [0.1, 0.15) is 37.7 Å². The summed E-state index contributed by atoms with van der Waals surface area (Å²) in [5.74, 6) is 3.88. The number of benzene rings is 2. The molecule has 0 radical (unpaired) electrons. The highest BCUT2D eigenvalue weighted by Gasteiger charge is 2.42. The second-order valence-corrected chi connectivity index (χ2v) is 12.8. The van der Waals surface area contributed by atoms with E-state index in [-0.39, 0.29) is 24.0 Å². The van der Waals surface area contributed by atoms with Crippen LogP contribution in [0.5, 0.6) is 23.0 Å². The van der Waals surface area contributed by atoms with E-state index < -0.39 is 0 Å². The van der Waals surface area contributed by atoms with Gasteiger partial charge in [-0.05, 0) is 54.5 Å². The molecule has 44 heavy (non-hydrogen) atoms. The maximum absolute atomic E-state index is 12.4. The van der Waals surface area contributed by atoms with Crippen LogP contribution >= 0.6 is 11.8 Å². The number of amides is 3. The number of rotatable bonds is 13. The fourth-order valence-corrected chi connectivity index (χ4v) is 8.02. The molecule has 0 spiro atoms. The first-order chi connectivity index (χ1) is 21.5. The molecule has 0 aliphatic carbocycles. The van der Waals surface area contributed by atoms with E-state index in [1.165, 1.54) is 5.56 Å². The minimum atomic E-state index is -0.0560. The summed E-state index contributed by atoms with van der Waals surface area (Å²) in [6.07, 6.45) is 7.06. The number of unbranched alkanes of at least 4 members (excludes halogenated alkanes) is 1. The highest BCUT2D eigenvalue weighted by molar-refractivity contribution is 8.00. The van der Waals surface area contributed by atoms with Crippen LogP contribution in [-0.4, -0.2) is 69.5 Å². The average molecular weight is 622 g/mol. The van der Waals surface area contributed by atoms with Crippen molar-refractivity contribution in [1.29, 1.82) is 0 Å². The van der Waals surface area contributed by atoms with Crippen LogP contribution in [0.4, 0.5) is 4.79 Å². The van der Waals surface area contributed by atoms with Crippen LogP contribution in [0.2, 0.25) is 0 Å². The van der Waals surface area contributed by atoms with E-state index in [2.05, 4.69) is 51.0 Å². The number of thioether (sulfide) groups is 1. The van der Waals surface area contributed by atoms with E-state index in [1.54, 1.807) is 21.3 Å². The Morgan fingerprint density at radius 3 is 2.66 bits per heavy atom. The lowest BCUT2D eigenvalue weighted by Gasteiger charge is -2.19. The summed E-state index contributed by atoms with van der Waals surface area (Å²) < 4.78 is 25.3. The van der Waals surface area contributed by atoms with Crippen LogP contribution in [-0.2, 0) is 17.8 Å². The molecule has 6 rings (SSSR count). The standard InChI is InChI=1S/C33H40N4O6S/c1-40-26-10-9-20-15-25-22-17-28(42-3)27(41-2)16-21(22)11-13-37(25)18-23(20)32(26)43-14-6-12-34-30(38)8-5-4-7-29-31-24(19-44-29)35-33(39)36-31/h9-10,15-18,24,29,31H,4-8,11-14,19H2,1-3H3,(H2-,34,35,36,38,39)/p+1/t24-,29-,31-/m0/s1. The topological polar surface area (TPSA) is 111 Å². The molecular formula is C33H41N4O6S+. The molecule has 10 nitrogen and oxygen atoms in total. The molecule has 4 heterocycles. The maximum atomic E-state index is 12.4. The lowest BCUT2D eigenvalue weighted by Crippen LogP contribution is -2.40. The number of hydrogen-bond donors (Lipinski definition) is 3. The van der Waals surface area contributed by atoms with Crippen molar-refractivity contribution in [1.82, 2.24) is 16.0 Å². The van der Waals surface area contributed by atoms with Crippen molar-refractivity contribution in [3.63, 3.8) is 0 Å². The molecule has 11 heteroatoms. The number of urea groups is 1. The summed E-state index contributed by atoms with van der Waals surface area (Å²) in [6.45, 7) is 1.85. The van der Waals surface area contributed by atoms with Crippen LogP contribution in [0, 0.1) is 0 Å². The molecule has 3 N–H and O–H groups in total. The lowest BCUT2D eigenvalue weighted by molar-refractivity contribution is -0.686. The van der Waals surface area contributed by atoms with Crippen molar-refractivity contribution < 1.29 is 33.1 Å². The molecule has 2 saturated heterocycles. The molecule has 0 saturated carbocycles. The van der Waals surface area contributed by atoms with E-state index in [9.17, 15) is 9.59 Å². The number of aryl methyl sites for hydroxylation is 2. The Hall–Kier alpha value is -3.86. The van der Waals surface area contributed by atoms with Gasteiger partial charge in [-0.2, -0.15) is 16.3 Å². The zero-order chi connectivity index (χ0) is 30.6. The van der Waals surface area contributed by atoms with E-state index in [1.807, 2.05) is 17.8 Å². The minimum absolute atomic E-state index is 0.0560. The van der Waals surface area contributed by atoms with Crippen LogP contribution < -0.4 is 39.5 Å². The normalized spacial score (nSPS) is 19.8. The molecule has 0 unspecified atom stereocenters. The fraction of sp³-hybridized carbons (Fsp3) is 0.485. The van der Waals surface area contributed by atoms with Gasteiger partial charge in [0.2, 0.25) is 11.6 Å². The first-order valence-corrected chi connectivity index (χ1v) is 16.4. The molecule has 2 fully saturated rings. The molecule has 3 atom stereocenters. The van der Waals surface area contributed by atoms with E-state index >= 15 is 0 Å². The highest BCUT2D eigenvalue weighted by atomic mass is 32.2. The minimum Gasteiger partial charge on any atom is -0.493 e. The number of nitrogens with zero attached hydrogens (tertiary/aromatic N) is 1. The summed E-state index contributed by atoms with van der Waals surface area (Å²) in [5.41, 5.74) is 3.49. The Balaban J connectivity index is 1.02. The number of ether oxygens (including phenoxy) is 4. The predicted octanol–water partition coefficient (Wildman–Crippen LogP) is 3.99. The Kier molecular flexibility index (Phi) is 9.20. The van der Waals surface area contributed by atoms with Gasteiger partial charge in [-0.1, -0.05) is 6.42 Å². The number of hydrogen-bond acceptors (Lipinski definition) is 7. The molecule has 3 aromatic rings. The Morgan fingerprint density at radius 1 is 1.02 bits per heavy atom. The zero-order valence-electron chi connectivity index (χ0n) is 25.6. The smallest absolute Gasteiger partial charge is 0.315 e. The first-order valence-electron chi connectivity index (χ1n) is 15.4. The van der Waals surface area contributed by atoms with Crippen molar-refractivity contribution in [2.75, 3.05) is 40.2 Å². The SMILES string of the molecule is COc1cc2c(cc1OC)-c1cc3ccc(OC)c(OCCCNC(=O)CCCC[C@@H]4SC[C@@H]5NC(=O)N[C@@H]54)c3c[n+]1CC2. The fourth-order valence-electron chi connectivity index (χ4n) is 6.48. The van der Waals surface area contributed by atoms with Crippen LogP contribution in [0.3, 0.4) is 0 Å². The average Bonchev–Trinajstić information content (AvgIpc) is 3.60. The van der Waals surface area contributed by atoms with Gasteiger partial charge in [-0.25, -0.2) is 4.79 Å². The number of pyridine rings is 1. The molecule has 234 valence electrons. The van der Waals surface area contributed by atoms with Crippen LogP contribution in [0.25, 0.3) is 22.0 Å². The molecule has 3 aliphatic rings. The van der Waals surface area contributed by atoms with Gasteiger partial charge in [0.05, 0.1) is 51.0 Å². The number of aromatic nitrogens is 1. The van der Waals surface area contributed by atoms with Gasteiger partial charge in [0.1, 0.15) is 0 Å². The third-order valence-corrected chi connectivity index (χ3v) is 10.3. The molecule has 3 aliphatic heterocycles. The quantitative estimate of drug-likeness (QED) is 0.150. The number of fused-ring (bicyclic) bond motifs is 5. The second kappa shape index (κ2) is 13.4. The summed E-state index contributed by atoms with van der Waals surface area (Å²) in [6, 6.07) is 10.7. The van der Waals surface area contributed by atoms with Gasteiger partial charge in [0.25, 0.3) is 0 Å². The van der Waals surface area contributed by atoms with Gasteiger partial charge in [0.15, 0.2) is 35.7 Å². The molecule has 3 amide bonds. The summed E-state index contributed by atoms with van der Waals surface area (Å²) in [4.78, 5) is 24.0. The van der Waals surface area contributed by atoms with Crippen molar-refractivity contribution in [2.45, 2.75) is 62.4 Å². The third-order valence-electron chi connectivity index (χ3n) is 8.78. The molecule has 0 bridgehead atoms. The summed E-state index contributed by atoms with van der Waals surface area (Å²) >= 11 is 1.91. The lowest BCUT2D eigenvalue weighted by atomic mass is 9.95. The monoisotopic (exact) mass is 621 g/mol. The number of carbonyl (C=O) groups is 2. The third kappa shape index (κ3) is 6.20. The van der Waals surface area contributed by atoms with Gasteiger partial charge in [0, 0.05) is 36.5 Å². The Labute approximate surface area is 262 Å². The van der Waals surface area contributed by atoms with E-state index in [4.69, 9.17) is 18.9 Å². The zero-order valence-corrected chi connectivity index (χ0v) is 26.4. The van der Waals surface area contributed by atoms with Gasteiger partial charge in [-0.3, -0.25) is 4.79 Å². The van der Waals surface area contributed by atoms with Gasteiger partial charge in [-0.15, -0.1) is 0 Å². The van der Waals surface area contributed by atoms with Crippen molar-refractivity contribution >= 4 is 34.5 Å². The number of nitrogens with one attached hydrogen (secondary N) is 3. The maximum Gasteiger partial charge on any atom is 0.315 e. The Bertz CT molecular complexity index is 1550. The Morgan fingerprint density at radius 2 is 1.84 bits per heavy atom. The van der Waals surface area contributed by atoms with E-state index in [0.717, 1.165) is 65.8 Å². The number of carbonyl (C=O) groups excluding carboxylic acids is 2. The molecular weight excluding hydrogens is 580 g/mol. The van der Waals surface area contributed by atoms with E-state index in [0.29, 0.717) is 48.5 Å². The van der Waals surface area contributed by atoms with Crippen molar-refractivity contribution in [3.05, 3.63) is 42.1 Å². The van der Waals surface area contributed by atoms with Crippen molar-refractivity contribution in [2.24, 2.45) is 0 Å². The van der Waals surface area contributed by atoms with Crippen LogP contribution in [0.15, 0.2) is 36.5 Å². The summed E-state index contributed by atoms with van der Waals surface area (Å²) in [5, 5.41) is 11.5. The van der Waals surface area contributed by atoms with Gasteiger partial charge >= 0.3 is 6.03 Å². The highest BCUT2D eigenvalue weighted by Crippen LogP contribution is 2.40. The van der Waals surface area contributed by atoms with Crippen molar-refractivity contribution in [3.8, 4) is 34.3 Å². The summed E-state index contributed by atoms with van der Waals surface area (Å²) in [7, 11) is 4.97. The largest absolute Gasteiger partial charge is 0.493 e. The van der Waals surface area contributed by atoms with Gasteiger partial charge < -0.3 is 34.9 Å². The predicted molar refractivity (Wildman–Crippen MR) is 170 cm³/mol. The molecule has 1 aromatic heterocycles. The first kappa shape index (κ1) is 30.2. The second-order valence-electron chi connectivity index (χ2n) is 11.5. The molecule has 2 aromatic carbocycles.